The van der Waals surface area contributed by atoms with E-state index in [2.05, 4.69) is 174 Å². The van der Waals surface area contributed by atoms with E-state index in [0.717, 1.165) is 11.3 Å². The molecule has 48 heavy (non-hydrogen) atoms. The maximum atomic E-state index is 9.57. The van der Waals surface area contributed by atoms with Gasteiger partial charge >= 0.3 is 0 Å². The number of para-hydroxylation sites is 1. The molecule has 1 heterocycles. The lowest BCUT2D eigenvalue weighted by Gasteiger charge is -2.19. The molecule has 0 aliphatic heterocycles. The summed E-state index contributed by atoms with van der Waals surface area (Å²) in [5.41, 5.74) is 12.0. The van der Waals surface area contributed by atoms with Gasteiger partial charge in [0.1, 0.15) is 0 Å². The highest BCUT2D eigenvalue weighted by atomic mass is 16.2. The molecule has 2 nitrogen and oxygen atoms in total. The number of hydrogen-bond donors (Lipinski definition) is 1. The highest BCUT2D eigenvalue weighted by Crippen LogP contribution is 2.45. The average Bonchev–Trinajstić information content (AvgIpc) is 3.48. The van der Waals surface area contributed by atoms with Crippen LogP contribution < -0.4 is 0 Å². The van der Waals surface area contributed by atoms with E-state index in [0.29, 0.717) is 6.42 Å². The van der Waals surface area contributed by atoms with E-state index in [1.807, 2.05) is 0 Å². The van der Waals surface area contributed by atoms with Crippen molar-refractivity contribution >= 4 is 43.4 Å². The van der Waals surface area contributed by atoms with Gasteiger partial charge in [-0.25, -0.2) is 0 Å². The summed E-state index contributed by atoms with van der Waals surface area (Å²) < 4.78 is 2.36. The van der Waals surface area contributed by atoms with Crippen LogP contribution in [0, 0.1) is 0 Å². The van der Waals surface area contributed by atoms with Gasteiger partial charge < -0.3 is 9.67 Å². The fraction of sp³-hybridized carbons (Fsp3) is 0.0435. The van der Waals surface area contributed by atoms with Crippen LogP contribution in [0.3, 0.4) is 0 Å². The Kier molecular flexibility index (Phi) is 6.88. The molecule has 0 spiro atoms. The molecule has 0 bridgehead atoms. The zero-order valence-corrected chi connectivity index (χ0v) is 26.5. The number of rotatable bonds is 6. The molecule has 0 aliphatic rings. The minimum absolute atomic E-state index is 0.148. The molecule has 228 valence electrons. The first-order valence-corrected chi connectivity index (χ1v) is 16.6. The first-order valence-electron chi connectivity index (χ1n) is 16.6. The van der Waals surface area contributed by atoms with Gasteiger partial charge in [-0.15, -0.1) is 0 Å². The highest BCUT2D eigenvalue weighted by molar-refractivity contribution is 6.22. The Bertz CT molecular complexity index is 2600. The van der Waals surface area contributed by atoms with Crippen molar-refractivity contribution in [2.75, 3.05) is 6.61 Å². The Morgan fingerprint density at radius 1 is 0.375 bits per heavy atom. The van der Waals surface area contributed by atoms with Gasteiger partial charge in [-0.05, 0) is 103 Å². The lowest BCUT2D eigenvalue weighted by Crippen LogP contribution is -1.95. The third kappa shape index (κ3) is 4.61. The van der Waals surface area contributed by atoms with Crippen LogP contribution in [0.2, 0.25) is 0 Å². The second-order valence-electron chi connectivity index (χ2n) is 12.5. The summed E-state index contributed by atoms with van der Waals surface area (Å²) >= 11 is 0. The van der Waals surface area contributed by atoms with Gasteiger partial charge in [0.25, 0.3) is 0 Å². The van der Waals surface area contributed by atoms with Crippen LogP contribution in [0.4, 0.5) is 0 Å². The summed E-state index contributed by atoms with van der Waals surface area (Å²) in [7, 11) is 0. The van der Waals surface area contributed by atoms with Crippen molar-refractivity contribution in [3.8, 4) is 39.1 Å². The monoisotopic (exact) mass is 615 g/mol. The van der Waals surface area contributed by atoms with Gasteiger partial charge in [0.05, 0.1) is 11.0 Å². The quantitative estimate of drug-likeness (QED) is 0.185. The highest BCUT2D eigenvalue weighted by Gasteiger charge is 2.18. The number of aliphatic hydroxyl groups is 1. The van der Waals surface area contributed by atoms with Crippen molar-refractivity contribution < 1.29 is 5.11 Å². The molecule has 0 radical (unpaired) electrons. The number of aliphatic hydroxyl groups excluding tert-OH is 1. The molecule has 2 heteroatoms. The first kappa shape index (κ1) is 28.3. The Labute approximate surface area is 279 Å². The van der Waals surface area contributed by atoms with Gasteiger partial charge in [0, 0.05) is 23.1 Å². The van der Waals surface area contributed by atoms with Crippen LogP contribution in [0.1, 0.15) is 5.56 Å². The normalized spacial score (nSPS) is 11.6. The Morgan fingerprint density at radius 3 is 1.62 bits per heavy atom. The van der Waals surface area contributed by atoms with Gasteiger partial charge in [0.15, 0.2) is 0 Å². The van der Waals surface area contributed by atoms with Crippen molar-refractivity contribution in [3.05, 3.63) is 175 Å². The third-order valence-electron chi connectivity index (χ3n) is 9.75. The number of nitrogens with zero attached hydrogens (tertiary/aromatic N) is 1. The molecule has 8 aromatic carbocycles. The summed E-state index contributed by atoms with van der Waals surface area (Å²) in [5.74, 6) is 0. The van der Waals surface area contributed by atoms with Crippen molar-refractivity contribution in [1.29, 1.82) is 0 Å². The Hall–Kier alpha value is -5.96. The summed E-state index contributed by atoms with van der Waals surface area (Å²) in [6, 6.07) is 61.5. The molecule has 9 aromatic rings. The van der Waals surface area contributed by atoms with Crippen LogP contribution in [-0.2, 0) is 6.42 Å². The first-order chi connectivity index (χ1) is 23.8. The summed E-state index contributed by atoms with van der Waals surface area (Å²) in [6.45, 7) is 0.148. The Balaban J connectivity index is 1.27. The largest absolute Gasteiger partial charge is 0.396 e. The fourth-order valence-corrected chi connectivity index (χ4v) is 7.58. The van der Waals surface area contributed by atoms with Gasteiger partial charge in [-0.3, -0.25) is 0 Å². The molecular formula is C46H33NO. The van der Waals surface area contributed by atoms with Gasteiger partial charge in [0.2, 0.25) is 0 Å². The van der Waals surface area contributed by atoms with Crippen LogP contribution in [0.15, 0.2) is 170 Å². The molecule has 1 N–H and O–H groups in total. The molecule has 0 saturated heterocycles. The van der Waals surface area contributed by atoms with Crippen molar-refractivity contribution in [3.63, 3.8) is 0 Å². The smallest absolute Gasteiger partial charge is 0.0541 e. The van der Waals surface area contributed by atoms with Crippen LogP contribution in [0.25, 0.3) is 82.4 Å². The van der Waals surface area contributed by atoms with Crippen molar-refractivity contribution in [1.82, 2.24) is 4.57 Å². The standard InChI is InChI=1S/C46H33NO/c48-28-27-31-19-26-44-41(29-31)37-15-9-10-18-43(37)47(44)36-23-20-34(21-24-36)45-38-16-7-8-17-39(38)46(33-13-5-2-6-14-33)42-30-35(22-25-40(42)45)32-11-3-1-4-12-32/h1-26,29-30,48H,27-28H2. The average molecular weight is 616 g/mol. The van der Waals surface area contributed by atoms with E-state index < -0.39 is 0 Å². The van der Waals surface area contributed by atoms with E-state index in [1.165, 1.54) is 76.7 Å². The maximum Gasteiger partial charge on any atom is 0.0541 e. The number of hydrogen-bond acceptors (Lipinski definition) is 1. The zero-order valence-electron chi connectivity index (χ0n) is 26.5. The topological polar surface area (TPSA) is 25.2 Å². The lowest BCUT2D eigenvalue weighted by molar-refractivity contribution is 0.299. The molecule has 0 atom stereocenters. The predicted octanol–water partition coefficient (Wildman–Crippen LogP) is 11.6. The molecule has 0 aliphatic carbocycles. The summed E-state index contributed by atoms with van der Waals surface area (Å²) in [5, 5.41) is 17.0. The van der Waals surface area contributed by atoms with Crippen molar-refractivity contribution in [2.45, 2.75) is 6.42 Å². The summed E-state index contributed by atoms with van der Waals surface area (Å²) in [6.07, 6.45) is 0.655. The van der Waals surface area contributed by atoms with Crippen LogP contribution in [-0.4, -0.2) is 16.3 Å². The van der Waals surface area contributed by atoms with E-state index in [1.54, 1.807) is 0 Å². The van der Waals surface area contributed by atoms with E-state index in [-0.39, 0.29) is 6.61 Å². The van der Waals surface area contributed by atoms with E-state index in [4.69, 9.17) is 0 Å². The predicted molar refractivity (Wildman–Crippen MR) is 203 cm³/mol. The summed E-state index contributed by atoms with van der Waals surface area (Å²) in [4.78, 5) is 0. The van der Waals surface area contributed by atoms with Crippen LogP contribution >= 0.6 is 0 Å². The van der Waals surface area contributed by atoms with Gasteiger partial charge in [-0.1, -0.05) is 133 Å². The lowest BCUT2D eigenvalue weighted by atomic mass is 9.85. The maximum absolute atomic E-state index is 9.57. The minimum atomic E-state index is 0.148. The molecule has 1 aromatic heterocycles. The molecule has 0 amide bonds. The van der Waals surface area contributed by atoms with E-state index >= 15 is 0 Å². The van der Waals surface area contributed by atoms with Gasteiger partial charge in [-0.2, -0.15) is 0 Å². The molecule has 9 rings (SSSR count). The number of benzene rings is 8. The number of fused-ring (bicyclic) bond motifs is 5. The van der Waals surface area contributed by atoms with Crippen LogP contribution in [0.5, 0.6) is 0 Å². The molecular weight excluding hydrogens is 583 g/mol. The third-order valence-corrected chi connectivity index (χ3v) is 9.75. The molecule has 0 saturated carbocycles. The SMILES string of the molecule is OCCc1ccc2c(c1)c1ccccc1n2-c1ccc(-c2c3ccccc3c(-c3ccccc3)c3cc(-c4ccccc4)ccc23)cc1. The van der Waals surface area contributed by atoms with Crippen molar-refractivity contribution in [2.24, 2.45) is 0 Å². The second kappa shape index (κ2) is 11.7. The second-order valence-corrected chi connectivity index (χ2v) is 12.5. The van der Waals surface area contributed by atoms with E-state index in [9.17, 15) is 5.11 Å². The minimum Gasteiger partial charge on any atom is -0.396 e. The Morgan fingerprint density at radius 2 is 0.917 bits per heavy atom. The fourth-order valence-electron chi connectivity index (χ4n) is 7.58. The molecule has 0 unspecified atom stereocenters. The number of aromatic nitrogens is 1. The zero-order chi connectivity index (χ0) is 32.0. The molecule has 0 fully saturated rings.